The first-order valence-corrected chi connectivity index (χ1v) is 5.20. The highest BCUT2D eigenvalue weighted by Gasteiger charge is 2.28. The van der Waals surface area contributed by atoms with Crippen LogP contribution in [0.15, 0.2) is 6.07 Å². The van der Waals surface area contributed by atoms with E-state index in [1.54, 1.807) is 0 Å². The number of hydrogen-bond acceptors (Lipinski definition) is 1. The molecular weight excluding hydrogens is 158 g/mol. The van der Waals surface area contributed by atoms with Crippen LogP contribution in [0.2, 0.25) is 0 Å². The molecule has 2 aliphatic carbocycles. The normalized spacial score (nSPS) is 23.6. The molecule has 0 amide bonds. The monoisotopic (exact) mass is 173 g/mol. The van der Waals surface area contributed by atoms with Crippen LogP contribution in [0.4, 0.5) is 5.69 Å². The minimum Gasteiger partial charge on any atom is -0.398 e. The molecule has 0 unspecified atom stereocenters. The maximum Gasteiger partial charge on any atom is 0.0387 e. The van der Waals surface area contributed by atoms with E-state index in [0.717, 1.165) is 5.69 Å². The first-order valence-electron chi connectivity index (χ1n) is 5.20. The molecule has 1 nitrogen and oxygen atoms in total. The Bertz CT molecular complexity index is 375. The van der Waals surface area contributed by atoms with Crippen LogP contribution in [-0.4, -0.2) is 0 Å². The van der Waals surface area contributed by atoms with Gasteiger partial charge in [0.25, 0.3) is 0 Å². The lowest BCUT2D eigenvalue weighted by Crippen LogP contribution is -2.18. The molecule has 0 fully saturated rings. The topological polar surface area (TPSA) is 26.0 Å². The highest BCUT2D eigenvalue weighted by atomic mass is 14.6. The molecule has 0 aromatic heterocycles. The molecule has 1 atom stereocenters. The van der Waals surface area contributed by atoms with Crippen LogP contribution in [0.25, 0.3) is 0 Å². The van der Waals surface area contributed by atoms with Gasteiger partial charge in [-0.15, -0.1) is 0 Å². The van der Waals surface area contributed by atoms with E-state index in [4.69, 9.17) is 5.73 Å². The van der Waals surface area contributed by atoms with Crippen LogP contribution in [-0.2, 0) is 19.3 Å². The Morgan fingerprint density at radius 2 is 2.15 bits per heavy atom. The lowest BCUT2D eigenvalue weighted by Gasteiger charge is -2.30. The van der Waals surface area contributed by atoms with Crippen molar-refractivity contribution < 1.29 is 0 Å². The fraction of sp³-hybridized carbons (Fsp3) is 0.500. The lowest BCUT2D eigenvalue weighted by molar-refractivity contribution is 0.668. The second-order valence-electron chi connectivity index (χ2n) is 4.46. The van der Waals surface area contributed by atoms with E-state index in [2.05, 4.69) is 13.0 Å². The summed E-state index contributed by atoms with van der Waals surface area (Å²) in [6.07, 6.45) is 5.01. The Morgan fingerprint density at radius 3 is 2.92 bits per heavy atom. The van der Waals surface area contributed by atoms with Gasteiger partial charge in [-0.1, -0.05) is 13.0 Å². The van der Waals surface area contributed by atoms with E-state index in [-0.39, 0.29) is 0 Å². The first-order chi connectivity index (χ1) is 6.27. The zero-order chi connectivity index (χ0) is 9.00. The first kappa shape index (κ1) is 7.43. The van der Waals surface area contributed by atoms with Crippen molar-refractivity contribution in [3.8, 4) is 0 Å². The van der Waals surface area contributed by atoms with E-state index in [0.29, 0.717) is 5.92 Å². The van der Waals surface area contributed by atoms with Gasteiger partial charge in [-0.05, 0) is 53.9 Å². The average Bonchev–Trinajstić information content (AvgIpc) is 2.50. The van der Waals surface area contributed by atoms with Crippen LogP contribution in [0.1, 0.15) is 41.5 Å². The molecule has 13 heavy (non-hydrogen) atoms. The standard InChI is InChI=1S/C12H15N/c1-7-5-9-6-8-3-2-4-10(8)12(13)11(7)9/h6-7H,2-5,13H2,1H3/t7-/m0/s1. The fourth-order valence-corrected chi connectivity index (χ4v) is 2.91. The van der Waals surface area contributed by atoms with Gasteiger partial charge in [-0.3, -0.25) is 0 Å². The minimum absolute atomic E-state index is 0.709. The van der Waals surface area contributed by atoms with Crippen LogP contribution in [0, 0.1) is 0 Å². The summed E-state index contributed by atoms with van der Waals surface area (Å²) in [7, 11) is 0. The number of fused-ring (bicyclic) bond motifs is 2. The summed E-state index contributed by atoms with van der Waals surface area (Å²) < 4.78 is 0. The molecule has 1 heteroatoms. The zero-order valence-electron chi connectivity index (χ0n) is 8.06. The average molecular weight is 173 g/mol. The van der Waals surface area contributed by atoms with Gasteiger partial charge in [-0.25, -0.2) is 0 Å². The quantitative estimate of drug-likeness (QED) is 0.599. The predicted molar refractivity (Wildman–Crippen MR) is 55.0 cm³/mol. The van der Waals surface area contributed by atoms with E-state index in [1.165, 1.54) is 47.9 Å². The number of anilines is 1. The van der Waals surface area contributed by atoms with Crippen molar-refractivity contribution in [2.24, 2.45) is 0 Å². The molecule has 3 rings (SSSR count). The largest absolute Gasteiger partial charge is 0.398 e. The van der Waals surface area contributed by atoms with Gasteiger partial charge in [0.2, 0.25) is 0 Å². The third-order valence-electron chi connectivity index (χ3n) is 3.59. The maximum atomic E-state index is 6.18. The highest BCUT2D eigenvalue weighted by molar-refractivity contribution is 5.66. The second kappa shape index (κ2) is 2.28. The third kappa shape index (κ3) is 0.822. The molecule has 1 aromatic carbocycles. The predicted octanol–water partition coefficient (Wildman–Crippen LogP) is 2.42. The Labute approximate surface area is 78.9 Å². The summed E-state index contributed by atoms with van der Waals surface area (Å²) in [5.41, 5.74) is 13.3. The van der Waals surface area contributed by atoms with Gasteiger partial charge in [0, 0.05) is 5.69 Å². The smallest absolute Gasteiger partial charge is 0.0387 e. The molecule has 0 heterocycles. The summed E-state index contributed by atoms with van der Waals surface area (Å²) in [5.74, 6) is 0.709. The Kier molecular flexibility index (Phi) is 1.30. The molecule has 0 radical (unpaired) electrons. The SMILES string of the molecule is C[C@H]1Cc2cc3c(c(N)c21)CCC3. The molecule has 2 N–H and O–H groups in total. The van der Waals surface area contributed by atoms with Gasteiger partial charge in [0.05, 0.1) is 0 Å². The van der Waals surface area contributed by atoms with E-state index in [1.807, 2.05) is 0 Å². The van der Waals surface area contributed by atoms with E-state index >= 15 is 0 Å². The van der Waals surface area contributed by atoms with Crippen molar-refractivity contribution in [1.29, 1.82) is 0 Å². The van der Waals surface area contributed by atoms with Gasteiger partial charge in [0.1, 0.15) is 0 Å². The summed E-state index contributed by atoms with van der Waals surface area (Å²) in [5, 5.41) is 0. The van der Waals surface area contributed by atoms with E-state index < -0.39 is 0 Å². The molecule has 0 saturated carbocycles. The molecule has 1 aromatic rings. The van der Waals surface area contributed by atoms with Crippen molar-refractivity contribution in [3.63, 3.8) is 0 Å². The molecule has 68 valence electrons. The Morgan fingerprint density at radius 1 is 1.31 bits per heavy atom. The molecular formula is C12H15N. The number of rotatable bonds is 0. The Hall–Kier alpha value is -0.980. The van der Waals surface area contributed by atoms with E-state index in [9.17, 15) is 0 Å². The fourth-order valence-electron chi connectivity index (χ4n) is 2.91. The second-order valence-corrected chi connectivity index (χ2v) is 4.46. The summed E-state index contributed by atoms with van der Waals surface area (Å²) in [6.45, 7) is 2.28. The molecule has 2 aliphatic rings. The minimum atomic E-state index is 0.709. The number of benzene rings is 1. The summed E-state index contributed by atoms with van der Waals surface area (Å²) in [4.78, 5) is 0. The molecule has 0 spiro atoms. The number of nitrogens with two attached hydrogens (primary N) is 1. The van der Waals surface area contributed by atoms with Crippen molar-refractivity contribution >= 4 is 5.69 Å². The van der Waals surface area contributed by atoms with Crippen LogP contribution >= 0.6 is 0 Å². The van der Waals surface area contributed by atoms with Crippen LogP contribution in [0.3, 0.4) is 0 Å². The summed E-state index contributed by atoms with van der Waals surface area (Å²) in [6, 6.07) is 2.40. The summed E-state index contributed by atoms with van der Waals surface area (Å²) >= 11 is 0. The molecule has 0 bridgehead atoms. The lowest BCUT2D eigenvalue weighted by atomic mass is 9.76. The Balaban J connectivity index is 2.25. The zero-order valence-corrected chi connectivity index (χ0v) is 8.06. The van der Waals surface area contributed by atoms with Crippen LogP contribution < -0.4 is 5.73 Å². The van der Waals surface area contributed by atoms with Crippen LogP contribution in [0.5, 0.6) is 0 Å². The van der Waals surface area contributed by atoms with Gasteiger partial charge in [0.15, 0.2) is 0 Å². The number of hydrogen-bond donors (Lipinski definition) is 1. The number of nitrogen functional groups attached to an aromatic ring is 1. The third-order valence-corrected chi connectivity index (χ3v) is 3.59. The maximum absolute atomic E-state index is 6.18. The van der Waals surface area contributed by atoms with Crippen molar-refractivity contribution in [2.45, 2.75) is 38.5 Å². The van der Waals surface area contributed by atoms with Gasteiger partial charge < -0.3 is 5.73 Å². The van der Waals surface area contributed by atoms with Crippen molar-refractivity contribution in [3.05, 3.63) is 28.3 Å². The van der Waals surface area contributed by atoms with Gasteiger partial charge in [-0.2, -0.15) is 0 Å². The van der Waals surface area contributed by atoms with Crippen molar-refractivity contribution in [1.82, 2.24) is 0 Å². The van der Waals surface area contributed by atoms with Crippen molar-refractivity contribution in [2.75, 3.05) is 5.73 Å². The highest BCUT2D eigenvalue weighted by Crippen LogP contribution is 2.43. The van der Waals surface area contributed by atoms with Gasteiger partial charge >= 0.3 is 0 Å². The number of aryl methyl sites for hydroxylation is 1. The molecule has 0 saturated heterocycles. The molecule has 0 aliphatic heterocycles.